The Morgan fingerprint density at radius 3 is 2.58 bits per heavy atom. The third kappa shape index (κ3) is 4.47. The summed E-state index contributed by atoms with van der Waals surface area (Å²) in [7, 11) is 1.90. The number of hydrogen-bond donors (Lipinski definition) is 5. The van der Waals surface area contributed by atoms with Crippen molar-refractivity contribution in [3.05, 3.63) is 85.7 Å². The molecule has 2 fully saturated rings. The van der Waals surface area contributed by atoms with Gasteiger partial charge < -0.3 is 20.5 Å². The van der Waals surface area contributed by atoms with Gasteiger partial charge in [-0.05, 0) is 56.5 Å². The van der Waals surface area contributed by atoms with Crippen molar-refractivity contribution in [1.29, 1.82) is 0 Å². The number of carbonyl (C=O) groups is 2. The first kappa shape index (κ1) is 27.5. The second-order valence-electron chi connectivity index (χ2n) is 11.2. The molecule has 1 amide bonds. The van der Waals surface area contributed by atoms with Crippen molar-refractivity contribution in [3.63, 3.8) is 0 Å². The van der Waals surface area contributed by atoms with Gasteiger partial charge in [0.2, 0.25) is 0 Å². The fraction of sp³-hybridized carbons (Fsp3) is 0.400. The smallest absolute Gasteiger partial charge is 0.325 e. The Kier molecular flexibility index (Phi) is 7.01. The molecule has 3 aromatic rings. The van der Waals surface area contributed by atoms with Gasteiger partial charge in [-0.3, -0.25) is 24.3 Å². The molecule has 1 aliphatic heterocycles. The Bertz CT molecular complexity index is 1590. The van der Waals surface area contributed by atoms with Crippen molar-refractivity contribution >= 4 is 11.7 Å². The molecular weight excluding hydrogens is 512 g/mol. The van der Waals surface area contributed by atoms with E-state index in [0.717, 1.165) is 11.1 Å². The van der Waals surface area contributed by atoms with Crippen molar-refractivity contribution in [2.75, 3.05) is 20.1 Å². The van der Waals surface area contributed by atoms with E-state index in [0.29, 0.717) is 49.0 Å². The van der Waals surface area contributed by atoms with Crippen molar-refractivity contribution in [2.24, 2.45) is 0 Å². The maximum atomic E-state index is 13.2. The number of ketones is 1. The lowest BCUT2D eigenvalue weighted by Gasteiger charge is -2.47. The third-order valence-corrected chi connectivity index (χ3v) is 8.88. The summed E-state index contributed by atoms with van der Waals surface area (Å²) in [6.07, 6.45) is 2.58. The number of nitrogens with one attached hydrogen (secondary N) is 3. The van der Waals surface area contributed by atoms with E-state index in [4.69, 9.17) is 0 Å². The van der Waals surface area contributed by atoms with Gasteiger partial charge in [0.25, 0.3) is 11.5 Å². The van der Waals surface area contributed by atoms with E-state index >= 15 is 0 Å². The third-order valence-electron chi connectivity index (χ3n) is 8.88. The lowest BCUT2D eigenvalue weighted by molar-refractivity contribution is -0.132. The number of Topliss-reactive ketones (excluding diaryl/α,β-unsaturated/α-hetero) is 1. The molecule has 10 nitrogen and oxygen atoms in total. The van der Waals surface area contributed by atoms with Gasteiger partial charge in [0.15, 0.2) is 0 Å². The summed E-state index contributed by atoms with van der Waals surface area (Å²) >= 11 is 0. The Morgan fingerprint density at radius 2 is 1.88 bits per heavy atom. The molecule has 1 aromatic heterocycles. The van der Waals surface area contributed by atoms with Crippen LogP contribution in [0.2, 0.25) is 0 Å². The standard InChI is InChI=1S/C30H34N4O6/c1-17-4-9-22(25(36)24(17)29-14-21(35)10-12-30(29,40)18(2)34(3)16-29)26(37)31-13-11-19-5-7-20(8-6-19)23-15-32-28(39)33-27(23)38/h4-9,15,18,36,40H,10-14,16H2,1-3H3,(H,31,37)(H2,32,33,38,39)/t18-,29?,30-/m1/s1. The Balaban J connectivity index is 1.34. The Morgan fingerprint density at radius 1 is 1.15 bits per heavy atom. The average Bonchev–Trinajstić information content (AvgIpc) is 3.10. The number of aromatic amines is 2. The maximum Gasteiger partial charge on any atom is 0.325 e. The summed E-state index contributed by atoms with van der Waals surface area (Å²) in [5, 5.41) is 26.2. The molecule has 210 valence electrons. The number of aryl methyl sites for hydroxylation is 1. The van der Waals surface area contributed by atoms with Gasteiger partial charge in [-0.1, -0.05) is 30.3 Å². The lowest BCUT2D eigenvalue weighted by atomic mass is 9.58. The number of likely N-dealkylation sites (N-methyl/N-ethyl adjacent to an activating group) is 1. The number of H-pyrrole nitrogens is 2. The average molecular weight is 547 g/mol. The first-order chi connectivity index (χ1) is 19.0. The van der Waals surface area contributed by atoms with Crippen LogP contribution in [0.3, 0.4) is 0 Å². The number of amides is 1. The minimum atomic E-state index is -1.21. The van der Waals surface area contributed by atoms with Crippen LogP contribution in [0.15, 0.2) is 52.2 Å². The fourth-order valence-corrected chi connectivity index (χ4v) is 6.63. The maximum absolute atomic E-state index is 13.2. The molecule has 3 atom stereocenters. The first-order valence-electron chi connectivity index (χ1n) is 13.4. The summed E-state index contributed by atoms with van der Waals surface area (Å²) < 4.78 is 0. The summed E-state index contributed by atoms with van der Waals surface area (Å²) in [4.78, 5) is 55.8. The van der Waals surface area contributed by atoms with Crippen LogP contribution in [0.5, 0.6) is 5.75 Å². The number of hydrogen-bond acceptors (Lipinski definition) is 7. The predicted octanol–water partition coefficient (Wildman–Crippen LogP) is 1.77. The zero-order valence-electron chi connectivity index (χ0n) is 22.8. The first-order valence-corrected chi connectivity index (χ1v) is 13.4. The molecule has 10 heteroatoms. The summed E-state index contributed by atoms with van der Waals surface area (Å²) in [6.45, 7) is 4.47. The van der Waals surface area contributed by atoms with Crippen LogP contribution in [0.25, 0.3) is 11.1 Å². The van der Waals surface area contributed by atoms with Crippen LogP contribution in [-0.2, 0) is 16.6 Å². The van der Waals surface area contributed by atoms with Gasteiger partial charge in [0, 0.05) is 49.1 Å². The van der Waals surface area contributed by atoms with Gasteiger partial charge in [-0.15, -0.1) is 0 Å². The van der Waals surface area contributed by atoms with Crippen molar-refractivity contribution < 1.29 is 19.8 Å². The zero-order valence-corrected chi connectivity index (χ0v) is 22.8. The van der Waals surface area contributed by atoms with Crippen LogP contribution in [0.4, 0.5) is 0 Å². The number of phenols is 1. The zero-order chi connectivity index (χ0) is 28.8. The van der Waals surface area contributed by atoms with Gasteiger partial charge in [-0.2, -0.15) is 0 Å². The SMILES string of the molecule is Cc1ccc(C(=O)NCCc2ccc(-c3c[nH]c(=O)[nH]c3=O)cc2)c(O)c1C12CC(=O)CC[C@@]1(O)[C@@H](C)N(C)C2. The van der Waals surface area contributed by atoms with E-state index in [2.05, 4.69) is 15.3 Å². The van der Waals surface area contributed by atoms with Crippen molar-refractivity contribution in [1.82, 2.24) is 20.2 Å². The van der Waals surface area contributed by atoms with Crippen LogP contribution >= 0.6 is 0 Å². The molecular formula is C30H34N4O6. The minimum absolute atomic E-state index is 0.0389. The molecule has 1 saturated heterocycles. The number of aromatic nitrogens is 2. The molecule has 0 spiro atoms. The molecule has 2 heterocycles. The number of nitrogens with zero attached hydrogens (tertiary/aromatic N) is 1. The quantitative estimate of drug-likeness (QED) is 0.316. The van der Waals surface area contributed by atoms with Crippen LogP contribution in [0, 0.1) is 6.92 Å². The molecule has 5 rings (SSSR count). The number of benzene rings is 2. The highest BCUT2D eigenvalue weighted by Gasteiger charge is 2.64. The highest BCUT2D eigenvalue weighted by molar-refractivity contribution is 5.98. The molecule has 1 unspecified atom stereocenters. The van der Waals surface area contributed by atoms with Gasteiger partial charge in [0.05, 0.1) is 16.7 Å². The van der Waals surface area contributed by atoms with Gasteiger partial charge in [0.1, 0.15) is 11.5 Å². The Labute approximate surface area is 231 Å². The van der Waals surface area contributed by atoms with E-state index in [1.165, 1.54) is 6.20 Å². The second kappa shape index (κ2) is 10.2. The number of rotatable bonds is 6. The van der Waals surface area contributed by atoms with E-state index in [9.17, 15) is 29.4 Å². The van der Waals surface area contributed by atoms with E-state index in [-0.39, 0.29) is 29.6 Å². The highest BCUT2D eigenvalue weighted by atomic mass is 16.3. The van der Waals surface area contributed by atoms with Crippen LogP contribution in [-0.4, -0.2) is 68.6 Å². The highest BCUT2D eigenvalue weighted by Crippen LogP contribution is 2.56. The number of aliphatic hydroxyl groups is 1. The molecule has 1 saturated carbocycles. The molecule has 1 aliphatic carbocycles. The number of phenolic OH excluding ortho intramolecular Hbond substituents is 1. The molecule has 0 radical (unpaired) electrons. The molecule has 5 N–H and O–H groups in total. The Hall–Kier alpha value is -4.02. The van der Waals surface area contributed by atoms with E-state index < -0.39 is 28.2 Å². The molecule has 2 aromatic carbocycles. The van der Waals surface area contributed by atoms with Gasteiger partial charge in [-0.25, -0.2) is 4.79 Å². The fourth-order valence-electron chi connectivity index (χ4n) is 6.63. The topological polar surface area (TPSA) is 156 Å². The van der Waals surface area contributed by atoms with Crippen molar-refractivity contribution in [2.45, 2.75) is 56.6 Å². The minimum Gasteiger partial charge on any atom is -0.507 e. The number of carbonyl (C=O) groups excluding carboxylic acids is 2. The van der Waals surface area contributed by atoms with E-state index in [1.807, 2.05) is 37.9 Å². The van der Waals surface area contributed by atoms with Crippen LogP contribution in [0.1, 0.15) is 53.2 Å². The summed E-state index contributed by atoms with van der Waals surface area (Å²) in [6, 6.07) is 10.3. The number of aromatic hydroxyl groups is 1. The summed E-state index contributed by atoms with van der Waals surface area (Å²) in [5.41, 5.74) is -0.0398. The van der Waals surface area contributed by atoms with Crippen LogP contribution < -0.4 is 16.6 Å². The molecule has 40 heavy (non-hydrogen) atoms. The number of likely N-dealkylation sites (tertiary alicyclic amines) is 1. The number of fused-ring (bicyclic) bond motifs is 1. The summed E-state index contributed by atoms with van der Waals surface area (Å²) in [5.74, 6) is -0.600. The largest absolute Gasteiger partial charge is 0.507 e. The lowest BCUT2D eigenvalue weighted by Crippen LogP contribution is -2.58. The molecule has 2 aliphatic rings. The van der Waals surface area contributed by atoms with E-state index in [1.54, 1.807) is 24.3 Å². The predicted molar refractivity (Wildman–Crippen MR) is 150 cm³/mol. The second-order valence-corrected chi connectivity index (χ2v) is 11.2. The monoisotopic (exact) mass is 546 g/mol. The van der Waals surface area contributed by atoms with Crippen molar-refractivity contribution in [3.8, 4) is 16.9 Å². The normalized spacial score (nSPS) is 24.6. The van der Waals surface area contributed by atoms with Gasteiger partial charge >= 0.3 is 5.69 Å². The molecule has 0 bridgehead atoms.